The van der Waals surface area contributed by atoms with Crippen LogP contribution >= 0.6 is 0 Å². The lowest BCUT2D eigenvalue weighted by atomic mass is 9.95. The lowest BCUT2D eigenvalue weighted by Crippen LogP contribution is -2.49. The van der Waals surface area contributed by atoms with E-state index in [9.17, 15) is 24.3 Å². The fraction of sp³-hybridized carbons (Fsp3) is 0.364. The van der Waals surface area contributed by atoms with Gasteiger partial charge >= 0.3 is 12.2 Å². The molecule has 0 heterocycles. The second-order valence-electron chi connectivity index (χ2n) is 15.0. The zero-order chi connectivity index (χ0) is 39.5. The SMILES string of the molecule is Cc1cc(O)cc(C)c1C[C@H](NC(=O)OC(C)(C)C)C(=O)NCCCCNC(=O)[C@H](Cc1ccccc1)NC(=O)OCC1c2ccccc2-c2ccccc21. The molecule has 4 amide bonds. The van der Waals surface area contributed by atoms with Gasteiger partial charge in [-0.05, 0) is 104 Å². The number of alkyl carbamates (subject to hydrolysis) is 2. The Hall–Kier alpha value is -5.84. The van der Waals surface area contributed by atoms with E-state index in [1.807, 2.05) is 68.4 Å². The first-order valence-corrected chi connectivity index (χ1v) is 18.8. The number of benzene rings is 4. The van der Waals surface area contributed by atoms with Crippen molar-refractivity contribution in [2.45, 2.75) is 83.9 Å². The van der Waals surface area contributed by atoms with Gasteiger partial charge in [0.2, 0.25) is 11.8 Å². The fourth-order valence-electron chi connectivity index (χ4n) is 6.92. The van der Waals surface area contributed by atoms with Crippen LogP contribution in [0.3, 0.4) is 0 Å². The van der Waals surface area contributed by atoms with E-state index in [-0.39, 0.29) is 42.9 Å². The first-order valence-electron chi connectivity index (χ1n) is 18.8. The van der Waals surface area contributed by atoms with Gasteiger partial charge in [0.05, 0.1) is 0 Å². The number of aromatic hydroxyl groups is 1. The Bertz CT molecular complexity index is 1910. The Balaban J connectivity index is 1.13. The average Bonchev–Trinajstić information content (AvgIpc) is 3.45. The van der Waals surface area contributed by atoms with Crippen LogP contribution < -0.4 is 21.3 Å². The van der Waals surface area contributed by atoms with Crippen LogP contribution in [0.5, 0.6) is 5.75 Å². The van der Waals surface area contributed by atoms with Gasteiger partial charge < -0.3 is 35.8 Å². The highest BCUT2D eigenvalue weighted by molar-refractivity contribution is 5.87. The minimum atomic E-state index is -0.917. The normalized spacial score (nSPS) is 13.1. The molecule has 0 fully saturated rings. The highest BCUT2D eigenvalue weighted by Crippen LogP contribution is 2.44. The summed E-state index contributed by atoms with van der Waals surface area (Å²) in [5, 5.41) is 21.3. The van der Waals surface area contributed by atoms with Crippen LogP contribution in [0.2, 0.25) is 0 Å². The number of phenolic OH excluding ortho intramolecular Hbond substituents is 1. The Morgan fingerprint density at radius 3 is 1.73 bits per heavy atom. The van der Waals surface area contributed by atoms with E-state index >= 15 is 0 Å². The number of carbonyl (C=O) groups excluding carboxylic acids is 4. The Morgan fingerprint density at radius 2 is 1.18 bits per heavy atom. The van der Waals surface area contributed by atoms with Gasteiger partial charge in [-0.15, -0.1) is 0 Å². The van der Waals surface area contributed by atoms with Crippen molar-refractivity contribution in [3.8, 4) is 16.9 Å². The maximum Gasteiger partial charge on any atom is 0.408 e. The van der Waals surface area contributed by atoms with Crippen LogP contribution in [-0.4, -0.2) is 66.5 Å². The van der Waals surface area contributed by atoms with E-state index in [2.05, 4.69) is 45.5 Å². The third-order valence-corrected chi connectivity index (χ3v) is 9.53. The van der Waals surface area contributed by atoms with Gasteiger partial charge in [0, 0.05) is 31.8 Å². The van der Waals surface area contributed by atoms with E-state index in [1.54, 1.807) is 32.9 Å². The molecule has 2 atom stereocenters. The van der Waals surface area contributed by atoms with Gasteiger partial charge in [-0.2, -0.15) is 0 Å². The summed E-state index contributed by atoms with van der Waals surface area (Å²) in [4.78, 5) is 52.6. The molecule has 1 aliphatic carbocycles. The van der Waals surface area contributed by atoms with Crippen molar-refractivity contribution >= 4 is 24.0 Å². The molecule has 290 valence electrons. The number of amides is 4. The molecule has 0 unspecified atom stereocenters. The highest BCUT2D eigenvalue weighted by Gasteiger charge is 2.30. The van der Waals surface area contributed by atoms with Crippen LogP contribution in [0, 0.1) is 13.8 Å². The Kier molecular flexibility index (Phi) is 13.5. The molecule has 55 heavy (non-hydrogen) atoms. The van der Waals surface area contributed by atoms with Crippen molar-refractivity contribution < 1.29 is 33.8 Å². The highest BCUT2D eigenvalue weighted by atomic mass is 16.6. The topological polar surface area (TPSA) is 155 Å². The van der Waals surface area contributed by atoms with Gasteiger partial charge in [0.15, 0.2) is 0 Å². The molecular formula is C44H52N4O7. The van der Waals surface area contributed by atoms with Gasteiger partial charge in [0.25, 0.3) is 0 Å². The fourth-order valence-corrected chi connectivity index (χ4v) is 6.92. The molecule has 5 rings (SSSR count). The summed E-state index contributed by atoms with van der Waals surface area (Å²) < 4.78 is 11.2. The lowest BCUT2D eigenvalue weighted by molar-refractivity contribution is -0.124. The molecule has 0 saturated heterocycles. The summed E-state index contributed by atoms with van der Waals surface area (Å²) >= 11 is 0. The number of rotatable bonds is 15. The van der Waals surface area contributed by atoms with Gasteiger partial charge in [-0.25, -0.2) is 9.59 Å². The molecule has 4 aromatic rings. The summed E-state index contributed by atoms with van der Waals surface area (Å²) in [6.07, 6.45) is 0.201. The molecule has 0 radical (unpaired) electrons. The molecule has 4 aromatic carbocycles. The second-order valence-corrected chi connectivity index (χ2v) is 15.0. The predicted octanol–water partition coefficient (Wildman–Crippen LogP) is 6.61. The van der Waals surface area contributed by atoms with Crippen LogP contribution in [0.4, 0.5) is 9.59 Å². The summed E-state index contributed by atoms with van der Waals surface area (Å²) in [7, 11) is 0. The number of nitrogens with one attached hydrogen (secondary N) is 4. The molecule has 1 aliphatic rings. The van der Waals surface area contributed by atoms with Gasteiger partial charge in [-0.3, -0.25) is 9.59 Å². The summed E-state index contributed by atoms with van der Waals surface area (Å²) in [5.74, 6) is -0.699. The first kappa shape index (κ1) is 40.3. The number of aryl methyl sites for hydroxylation is 2. The van der Waals surface area contributed by atoms with E-state index in [1.165, 1.54) is 0 Å². The predicted molar refractivity (Wildman–Crippen MR) is 212 cm³/mol. The lowest BCUT2D eigenvalue weighted by Gasteiger charge is -2.24. The zero-order valence-corrected chi connectivity index (χ0v) is 32.2. The van der Waals surface area contributed by atoms with E-state index in [0.29, 0.717) is 25.9 Å². The van der Waals surface area contributed by atoms with Crippen LogP contribution in [0.25, 0.3) is 11.1 Å². The van der Waals surface area contributed by atoms with Crippen LogP contribution in [0.15, 0.2) is 91.0 Å². The third kappa shape index (κ3) is 11.3. The molecule has 0 spiro atoms. The number of carbonyl (C=O) groups is 4. The van der Waals surface area contributed by atoms with Crippen molar-refractivity contribution in [1.29, 1.82) is 0 Å². The minimum Gasteiger partial charge on any atom is -0.508 e. The number of hydrogen-bond donors (Lipinski definition) is 5. The Morgan fingerprint density at radius 1 is 0.691 bits per heavy atom. The summed E-state index contributed by atoms with van der Waals surface area (Å²) in [6, 6.07) is 27.1. The van der Waals surface area contributed by atoms with Crippen molar-refractivity contribution in [3.05, 3.63) is 124 Å². The molecule has 0 bridgehead atoms. The molecule has 0 saturated carbocycles. The standard InChI is InChI=1S/C44H52N4O7/c1-28-23-31(49)24-29(2)36(28)26-39(48-43(53)55-44(3,4)5)41(51)46-22-14-13-21-45-40(50)38(25-30-15-7-6-8-16-30)47-42(52)54-27-37-34-19-11-9-17-32(34)33-18-10-12-20-35(33)37/h6-12,15-20,23-24,37-39,49H,13-14,21-22,25-27H2,1-5H3,(H,45,50)(H,46,51)(H,47,52)(H,48,53)/t38-,39-/m0/s1. The molecule has 11 heteroatoms. The molecule has 5 N–H and O–H groups in total. The summed E-state index contributed by atoms with van der Waals surface area (Å²) in [5.41, 5.74) is 7.04. The molecular weight excluding hydrogens is 697 g/mol. The first-order chi connectivity index (χ1) is 26.3. The third-order valence-electron chi connectivity index (χ3n) is 9.53. The largest absolute Gasteiger partial charge is 0.508 e. The van der Waals surface area contributed by atoms with Crippen molar-refractivity contribution in [2.24, 2.45) is 0 Å². The summed E-state index contributed by atoms with van der Waals surface area (Å²) in [6.45, 7) is 9.68. The van der Waals surface area contributed by atoms with Crippen LogP contribution in [-0.2, 0) is 31.9 Å². The van der Waals surface area contributed by atoms with E-state index in [0.717, 1.165) is 44.5 Å². The second kappa shape index (κ2) is 18.5. The van der Waals surface area contributed by atoms with Crippen molar-refractivity contribution in [2.75, 3.05) is 19.7 Å². The smallest absolute Gasteiger partial charge is 0.408 e. The van der Waals surface area contributed by atoms with E-state index < -0.39 is 29.9 Å². The zero-order valence-electron chi connectivity index (χ0n) is 32.2. The van der Waals surface area contributed by atoms with Gasteiger partial charge in [-0.1, -0.05) is 78.9 Å². The minimum absolute atomic E-state index is 0.107. The molecule has 0 aromatic heterocycles. The monoisotopic (exact) mass is 748 g/mol. The number of unbranched alkanes of at least 4 members (excludes halogenated alkanes) is 1. The average molecular weight is 749 g/mol. The van der Waals surface area contributed by atoms with E-state index in [4.69, 9.17) is 9.47 Å². The number of fused-ring (bicyclic) bond motifs is 3. The number of hydrogen-bond acceptors (Lipinski definition) is 7. The number of ether oxygens (including phenoxy) is 2. The van der Waals surface area contributed by atoms with Gasteiger partial charge in [0.1, 0.15) is 30.0 Å². The maximum atomic E-state index is 13.4. The molecule has 11 nitrogen and oxygen atoms in total. The maximum absolute atomic E-state index is 13.4. The molecule has 0 aliphatic heterocycles. The quantitative estimate of drug-likeness (QED) is 0.0858. The van der Waals surface area contributed by atoms with Crippen molar-refractivity contribution in [1.82, 2.24) is 21.3 Å². The Labute approximate surface area is 323 Å². The van der Waals surface area contributed by atoms with Crippen molar-refractivity contribution in [3.63, 3.8) is 0 Å². The number of phenols is 1. The van der Waals surface area contributed by atoms with Crippen LogP contribution in [0.1, 0.15) is 72.9 Å².